The van der Waals surface area contributed by atoms with E-state index in [1.165, 1.54) is 25.7 Å². The molecule has 5 rings (SSSR count). The van der Waals surface area contributed by atoms with Crippen LogP contribution in [-0.4, -0.2) is 29.5 Å². The van der Waals surface area contributed by atoms with Crippen molar-refractivity contribution in [2.75, 3.05) is 0 Å². The van der Waals surface area contributed by atoms with E-state index in [2.05, 4.69) is 85.8 Å². The second-order valence-corrected chi connectivity index (χ2v) is 12.4. The predicted molar refractivity (Wildman–Crippen MR) is 118 cm³/mol. The molecule has 0 fully saturated rings. The molecule has 2 aromatic heterocycles. The molecule has 0 saturated heterocycles. The SMILES string of the molecule is Cc1ccc([Se]c2c(-c3ccccc3)[se]c3sc4ccccc4c23)cc1. The van der Waals surface area contributed by atoms with Crippen molar-refractivity contribution in [3.8, 4) is 10.0 Å². The normalized spacial score (nSPS) is 11.4. The summed E-state index contributed by atoms with van der Waals surface area (Å²) in [7, 11) is 0. The molecule has 0 aliphatic heterocycles. The molecule has 0 nitrogen and oxygen atoms in total. The van der Waals surface area contributed by atoms with E-state index in [-0.39, 0.29) is 0 Å². The van der Waals surface area contributed by atoms with Crippen molar-refractivity contribution in [2.24, 2.45) is 0 Å². The molecule has 0 aliphatic rings. The van der Waals surface area contributed by atoms with Crippen molar-refractivity contribution in [1.29, 1.82) is 0 Å². The quantitative estimate of drug-likeness (QED) is 0.326. The molecule has 0 bridgehead atoms. The Hall–Kier alpha value is -1.60. The molecule has 0 aliphatic carbocycles. The fourth-order valence-corrected chi connectivity index (χ4v) is 10.9. The van der Waals surface area contributed by atoms with Gasteiger partial charge in [-0.05, 0) is 0 Å². The van der Waals surface area contributed by atoms with Gasteiger partial charge in [0, 0.05) is 0 Å². The number of aryl methyl sites for hydroxylation is 1. The van der Waals surface area contributed by atoms with E-state index in [1.54, 1.807) is 17.9 Å². The van der Waals surface area contributed by atoms with E-state index in [4.69, 9.17) is 0 Å². The van der Waals surface area contributed by atoms with E-state index in [0.29, 0.717) is 29.5 Å². The van der Waals surface area contributed by atoms with Gasteiger partial charge < -0.3 is 0 Å². The van der Waals surface area contributed by atoms with Gasteiger partial charge in [0.1, 0.15) is 0 Å². The first-order chi connectivity index (χ1) is 12.8. The van der Waals surface area contributed by atoms with E-state index in [9.17, 15) is 0 Å². The summed E-state index contributed by atoms with van der Waals surface area (Å²) in [4.78, 5) is 0. The Bertz CT molecular complexity index is 1200. The third kappa shape index (κ3) is 2.91. The summed E-state index contributed by atoms with van der Waals surface area (Å²) >= 11 is 2.73. The van der Waals surface area contributed by atoms with E-state index >= 15 is 0 Å². The fraction of sp³-hybridized carbons (Fsp3) is 0.0435. The minimum atomic E-state index is 0.329. The first-order valence-electron chi connectivity index (χ1n) is 8.53. The van der Waals surface area contributed by atoms with Crippen LogP contribution in [0.2, 0.25) is 0 Å². The van der Waals surface area contributed by atoms with Crippen LogP contribution in [0, 0.1) is 6.92 Å². The topological polar surface area (TPSA) is 0 Å². The number of rotatable bonds is 3. The van der Waals surface area contributed by atoms with Crippen molar-refractivity contribution >= 4 is 68.8 Å². The van der Waals surface area contributed by atoms with Gasteiger partial charge in [0.05, 0.1) is 0 Å². The Morgan fingerprint density at radius 1 is 0.808 bits per heavy atom. The second-order valence-electron chi connectivity index (χ2n) is 6.30. The summed E-state index contributed by atoms with van der Waals surface area (Å²) in [5, 5.41) is 2.99. The Kier molecular flexibility index (Phi) is 4.36. The molecule has 0 N–H and O–H groups in total. The molecule has 0 radical (unpaired) electrons. The standard InChI is InChI=1S/C23H16SSe2/c1-15-11-13-17(14-12-15)25-22-20-18-9-5-6-10-19(18)24-23(20)26-21(22)16-7-3-2-4-8-16/h2-14H,1H3. The summed E-state index contributed by atoms with van der Waals surface area (Å²) in [5.74, 6) is 0. The third-order valence-corrected chi connectivity index (χ3v) is 11.6. The molecular formula is C23H16SSe2. The third-order valence-electron chi connectivity index (χ3n) is 4.47. The van der Waals surface area contributed by atoms with Gasteiger partial charge in [0.25, 0.3) is 0 Å². The summed E-state index contributed by atoms with van der Waals surface area (Å²) in [6, 6.07) is 29.0. The van der Waals surface area contributed by atoms with Gasteiger partial charge in [-0.1, -0.05) is 0 Å². The van der Waals surface area contributed by atoms with Crippen LogP contribution in [-0.2, 0) is 0 Å². The fourth-order valence-electron chi connectivity index (χ4n) is 3.16. The van der Waals surface area contributed by atoms with Crippen LogP contribution >= 0.6 is 11.3 Å². The first-order valence-corrected chi connectivity index (χ1v) is 12.8. The van der Waals surface area contributed by atoms with Gasteiger partial charge in [-0.2, -0.15) is 0 Å². The minimum absolute atomic E-state index is 0.329. The Balaban J connectivity index is 1.77. The average Bonchev–Trinajstić information content (AvgIpc) is 3.21. The van der Waals surface area contributed by atoms with Gasteiger partial charge in [-0.15, -0.1) is 0 Å². The number of thiophene rings is 1. The molecule has 0 saturated carbocycles. The monoisotopic (exact) mass is 484 g/mol. The zero-order valence-electron chi connectivity index (χ0n) is 14.2. The maximum atomic E-state index is 2.31. The zero-order chi connectivity index (χ0) is 17.5. The van der Waals surface area contributed by atoms with E-state index in [1.807, 2.05) is 11.3 Å². The van der Waals surface area contributed by atoms with Crippen molar-refractivity contribution < 1.29 is 0 Å². The van der Waals surface area contributed by atoms with Gasteiger partial charge in [-0.3, -0.25) is 0 Å². The molecule has 0 atom stereocenters. The van der Waals surface area contributed by atoms with Crippen molar-refractivity contribution in [1.82, 2.24) is 0 Å². The Labute approximate surface area is 169 Å². The first kappa shape index (κ1) is 16.6. The molecule has 0 unspecified atom stereocenters. The molecule has 5 aromatic rings. The van der Waals surface area contributed by atoms with Gasteiger partial charge in [0.15, 0.2) is 0 Å². The summed E-state index contributed by atoms with van der Waals surface area (Å²) < 4.78 is 7.68. The Morgan fingerprint density at radius 2 is 1.54 bits per heavy atom. The van der Waals surface area contributed by atoms with Crippen molar-refractivity contribution in [3.05, 3.63) is 84.4 Å². The van der Waals surface area contributed by atoms with Crippen LogP contribution in [0.3, 0.4) is 0 Å². The second kappa shape index (κ2) is 6.85. The van der Waals surface area contributed by atoms with Gasteiger partial charge >= 0.3 is 170 Å². The number of hydrogen-bond donors (Lipinski definition) is 0. The predicted octanol–water partition coefficient (Wildman–Crippen LogP) is 4.74. The Morgan fingerprint density at radius 3 is 2.35 bits per heavy atom. The average molecular weight is 482 g/mol. The van der Waals surface area contributed by atoms with Crippen molar-refractivity contribution in [2.45, 2.75) is 6.92 Å². The van der Waals surface area contributed by atoms with Crippen LogP contribution in [0.25, 0.3) is 29.0 Å². The number of benzene rings is 3. The summed E-state index contributed by atoms with van der Waals surface area (Å²) in [6.45, 7) is 2.16. The zero-order valence-corrected chi connectivity index (χ0v) is 18.5. The van der Waals surface area contributed by atoms with E-state index in [0.717, 1.165) is 0 Å². The van der Waals surface area contributed by atoms with E-state index < -0.39 is 0 Å². The number of hydrogen-bond acceptors (Lipinski definition) is 1. The van der Waals surface area contributed by atoms with Crippen molar-refractivity contribution in [3.63, 3.8) is 0 Å². The summed E-state index contributed by atoms with van der Waals surface area (Å²) in [5.41, 5.74) is 2.74. The molecular weight excluding hydrogens is 466 g/mol. The molecule has 3 aromatic carbocycles. The summed E-state index contributed by atoms with van der Waals surface area (Å²) in [6.07, 6.45) is 0. The molecule has 0 amide bonds. The van der Waals surface area contributed by atoms with Crippen LogP contribution < -0.4 is 8.92 Å². The molecule has 3 heteroatoms. The molecule has 0 spiro atoms. The molecule has 2 heterocycles. The van der Waals surface area contributed by atoms with Gasteiger partial charge in [-0.25, -0.2) is 0 Å². The molecule has 126 valence electrons. The maximum absolute atomic E-state index is 2.31. The van der Waals surface area contributed by atoms with Gasteiger partial charge in [0.2, 0.25) is 0 Å². The van der Waals surface area contributed by atoms with Crippen LogP contribution in [0.1, 0.15) is 5.56 Å². The molecule has 26 heavy (non-hydrogen) atoms. The number of fused-ring (bicyclic) bond motifs is 3. The van der Waals surface area contributed by atoms with Crippen LogP contribution in [0.4, 0.5) is 0 Å². The van der Waals surface area contributed by atoms with Crippen LogP contribution in [0.5, 0.6) is 0 Å². The van der Waals surface area contributed by atoms with Crippen LogP contribution in [0.15, 0.2) is 78.9 Å².